The third kappa shape index (κ3) is 5.44. The molecule has 0 aliphatic carbocycles. The number of nitrogens with zero attached hydrogens (tertiary/aromatic N) is 2. The van der Waals surface area contributed by atoms with Gasteiger partial charge in [-0.2, -0.15) is 0 Å². The summed E-state index contributed by atoms with van der Waals surface area (Å²) in [5, 5.41) is 8.71. The number of ether oxygens (including phenoxy) is 1. The summed E-state index contributed by atoms with van der Waals surface area (Å²) in [6.45, 7) is 2.50. The van der Waals surface area contributed by atoms with Crippen molar-refractivity contribution in [2.24, 2.45) is 0 Å². The Labute approximate surface area is 104 Å². The number of rotatable bonds is 7. The quantitative estimate of drug-likeness (QED) is 0.611. The Morgan fingerprint density at radius 3 is 2.88 bits per heavy atom. The van der Waals surface area contributed by atoms with Gasteiger partial charge in [-0.25, -0.2) is 4.98 Å². The molecule has 0 fully saturated rings. The molecular weight excluding hydrogens is 272 g/mol. The van der Waals surface area contributed by atoms with Crippen molar-refractivity contribution in [3.63, 3.8) is 0 Å². The van der Waals surface area contributed by atoms with Crippen LogP contribution in [0.25, 0.3) is 0 Å². The molecule has 0 bridgehead atoms. The van der Waals surface area contributed by atoms with Gasteiger partial charge in [-0.15, -0.1) is 0 Å². The largest absolute Gasteiger partial charge is 0.492 e. The van der Waals surface area contributed by atoms with E-state index in [4.69, 9.17) is 9.84 Å². The summed E-state index contributed by atoms with van der Waals surface area (Å²) in [6, 6.07) is 3.74. The van der Waals surface area contributed by atoms with Crippen LogP contribution in [0.1, 0.15) is 6.42 Å². The number of aliphatic hydroxyl groups is 1. The first-order chi connectivity index (χ1) is 7.72. The number of halogens is 1. The van der Waals surface area contributed by atoms with E-state index < -0.39 is 0 Å². The zero-order valence-electron chi connectivity index (χ0n) is 9.40. The highest BCUT2D eigenvalue weighted by Crippen LogP contribution is 2.12. The maximum atomic E-state index is 8.71. The average molecular weight is 289 g/mol. The summed E-state index contributed by atoms with van der Waals surface area (Å²) in [4.78, 5) is 6.14. The highest BCUT2D eigenvalue weighted by molar-refractivity contribution is 9.10. The van der Waals surface area contributed by atoms with Crippen LogP contribution in [0.5, 0.6) is 5.75 Å². The lowest BCUT2D eigenvalue weighted by atomic mass is 10.4. The SMILES string of the molecule is CN(CCO)CCCOc1ccc(Br)nc1. The third-order valence-corrected chi connectivity index (χ3v) is 2.60. The van der Waals surface area contributed by atoms with Crippen molar-refractivity contribution in [1.29, 1.82) is 0 Å². The average Bonchev–Trinajstić information content (AvgIpc) is 2.27. The summed E-state index contributed by atoms with van der Waals surface area (Å²) in [7, 11) is 1.98. The van der Waals surface area contributed by atoms with Crippen molar-refractivity contribution in [1.82, 2.24) is 9.88 Å². The van der Waals surface area contributed by atoms with Crippen molar-refractivity contribution in [2.45, 2.75) is 6.42 Å². The number of hydrogen-bond acceptors (Lipinski definition) is 4. The number of aromatic nitrogens is 1. The fourth-order valence-electron chi connectivity index (χ4n) is 1.25. The predicted octanol–water partition coefficient (Wildman–Crippen LogP) is 1.54. The van der Waals surface area contributed by atoms with E-state index >= 15 is 0 Å². The van der Waals surface area contributed by atoms with Crippen molar-refractivity contribution in [3.8, 4) is 5.75 Å². The van der Waals surface area contributed by atoms with Gasteiger partial charge in [0.05, 0.1) is 19.4 Å². The molecule has 0 amide bonds. The lowest BCUT2D eigenvalue weighted by molar-refractivity contribution is 0.207. The van der Waals surface area contributed by atoms with Crippen LogP contribution in [0, 0.1) is 0 Å². The second kappa shape index (κ2) is 7.60. The zero-order chi connectivity index (χ0) is 11.8. The summed E-state index contributed by atoms with van der Waals surface area (Å²) >= 11 is 3.27. The molecule has 1 heterocycles. The number of aliphatic hydroxyl groups excluding tert-OH is 1. The fraction of sp³-hybridized carbons (Fsp3) is 0.545. The Bertz CT molecular complexity index is 293. The van der Waals surface area contributed by atoms with E-state index in [1.54, 1.807) is 6.20 Å². The number of pyridine rings is 1. The summed E-state index contributed by atoms with van der Waals surface area (Å²) in [5.41, 5.74) is 0. The van der Waals surface area contributed by atoms with Crippen LogP contribution in [0.2, 0.25) is 0 Å². The molecule has 0 radical (unpaired) electrons. The van der Waals surface area contributed by atoms with Gasteiger partial charge in [0.15, 0.2) is 0 Å². The Morgan fingerprint density at radius 1 is 1.44 bits per heavy atom. The van der Waals surface area contributed by atoms with Gasteiger partial charge in [0.1, 0.15) is 10.4 Å². The first kappa shape index (κ1) is 13.4. The monoisotopic (exact) mass is 288 g/mol. The van der Waals surface area contributed by atoms with Gasteiger partial charge in [-0.1, -0.05) is 0 Å². The molecule has 16 heavy (non-hydrogen) atoms. The lowest BCUT2D eigenvalue weighted by Crippen LogP contribution is -2.24. The Hall–Kier alpha value is -0.650. The predicted molar refractivity (Wildman–Crippen MR) is 66.6 cm³/mol. The minimum Gasteiger partial charge on any atom is -0.492 e. The maximum Gasteiger partial charge on any atom is 0.137 e. The second-order valence-electron chi connectivity index (χ2n) is 3.55. The van der Waals surface area contributed by atoms with E-state index in [0.717, 1.165) is 23.3 Å². The molecule has 5 heteroatoms. The Balaban J connectivity index is 2.13. The topological polar surface area (TPSA) is 45.6 Å². The molecule has 0 spiro atoms. The summed E-state index contributed by atoms with van der Waals surface area (Å²) < 4.78 is 6.32. The smallest absolute Gasteiger partial charge is 0.137 e. The minimum atomic E-state index is 0.202. The molecular formula is C11H17BrN2O2. The van der Waals surface area contributed by atoms with Crippen LogP contribution in [0.4, 0.5) is 0 Å². The molecule has 4 nitrogen and oxygen atoms in total. The number of hydrogen-bond donors (Lipinski definition) is 1. The molecule has 90 valence electrons. The van der Waals surface area contributed by atoms with Crippen molar-refractivity contribution >= 4 is 15.9 Å². The first-order valence-corrected chi connectivity index (χ1v) is 6.05. The number of likely N-dealkylation sites (N-methyl/N-ethyl adjacent to an activating group) is 1. The third-order valence-electron chi connectivity index (χ3n) is 2.13. The van der Waals surface area contributed by atoms with E-state index in [2.05, 4.69) is 25.8 Å². The van der Waals surface area contributed by atoms with Crippen LogP contribution >= 0.6 is 15.9 Å². The standard InChI is InChI=1S/C11H17BrN2O2/c1-14(6-7-15)5-2-8-16-10-3-4-11(12)13-9-10/h3-4,9,15H,2,5-8H2,1H3. The zero-order valence-corrected chi connectivity index (χ0v) is 11.0. The van der Waals surface area contributed by atoms with Crippen LogP contribution in [0.3, 0.4) is 0 Å². The Morgan fingerprint density at radius 2 is 2.25 bits per heavy atom. The van der Waals surface area contributed by atoms with Gasteiger partial charge < -0.3 is 14.7 Å². The molecule has 1 aromatic heterocycles. The Kier molecular flexibility index (Phi) is 6.37. The van der Waals surface area contributed by atoms with Crippen molar-refractivity contribution in [3.05, 3.63) is 22.9 Å². The second-order valence-corrected chi connectivity index (χ2v) is 4.36. The highest BCUT2D eigenvalue weighted by Gasteiger charge is 1.98. The van der Waals surface area contributed by atoms with Gasteiger partial charge in [0, 0.05) is 13.1 Å². The summed E-state index contributed by atoms with van der Waals surface area (Å²) in [6.07, 6.45) is 2.63. The first-order valence-electron chi connectivity index (χ1n) is 5.26. The van der Waals surface area contributed by atoms with Gasteiger partial charge in [0.25, 0.3) is 0 Å². The van der Waals surface area contributed by atoms with E-state index in [9.17, 15) is 0 Å². The van der Waals surface area contributed by atoms with Gasteiger partial charge in [0.2, 0.25) is 0 Å². The molecule has 0 aliphatic heterocycles. The van der Waals surface area contributed by atoms with Crippen LogP contribution in [0.15, 0.2) is 22.9 Å². The van der Waals surface area contributed by atoms with E-state index in [-0.39, 0.29) is 6.61 Å². The van der Waals surface area contributed by atoms with E-state index in [0.29, 0.717) is 13.2 Å². The molecule has 0 aromatic carbocycles. The van der Waals surface area contributed by atoms with Crippen LogP contribution in [-0.2, 0) is 0 Å². The molecule has 1 aromatic rings. The summed E-state index contributed by atoms with van der Waals surface area (Å²) in [5.74, 6) is 0.785. The van der Waals surface area contributed by atoms with E-state index in [1.807, 2.05) is 19.2 Å². The van der Waals surface area contributed by atoms with Gasteiger partial charge in [-0.3, -0.25) is 0 Å². The molecule has 0 atom stereocenters. The molecule has 1 N–H and O–H groups in total. The fourth-order valence-corrected chi connectivity index (χ4v) is 1.49. The molecule has 0 saturated carbocycles. The normalized spacial score (nSPS) is 10.8. The molecule has 0 unspecified atom stereocenters. The molecule has 0 aliphatic rings. The van der Waals surface area contributed by atoms with Gasteiger partial charge in [-0.05, 0) is 41.5 Å². The highest BCUT2D eigenvalue weighted by atomic mass is 79.9. The van der Waals surface area contributed by atoms with Crippen molar-refractivity contribution < 1.29 is 9.84 Å². The molecule has 1 rings (SSSR count). The van der Waals surface area contributed by atoms with Crippen LogP contribution in [-0.4, -0.2) is 48.3 Å². The minimum absolute atomic E-state index is 0.202. The molecule has 0 saturated heterocycles. The lowest BCUT2D eigenvalue weighted by Gasteiger charge is -2.14. The van der Waals surface area contributed by atoms with Crippen molar-refractivity contribution in [2.75, 3.05) is 33.4 Å². The maximum absolute atomic E-state index is 8.71. The van der Waals surface area contributed by atoms with Gasteiger partial charge >= 0.3 is 0 Å². The van der Waals surface area contributed by atoms with E-state index in [1.165, 1.54) is 0 Å². The van der Waals surface area contributed by atoms with Crippen LogP contribution < -0.4 is 4.74 Å².